The largest absolute Gasteiger partial charge is 0.493 e. The summed E-state index contributed by atoms with van der Waals surface area (Å²) in [5, 5.41) is 3.48. The molecule has 3 aromatic rings. The number of anilines is 1. The van der Waals surface area contributed by atoms with Gasteiger partial charge in [0.25, 0.3) is 0 Å². The zero-order chi connectivity index (χ0) is 24.8. The maximum Gasteiger partial charge on any atom is 0.246 e. The van der Waals surface area contributed by atoms with Crippen LogP contribution in [-0.2, 0) is 9.59 Å². The maximum absolute atomic E-state index is 12.9. The second-order valence-corrected chi connectivity index (χ2v) is 8.32. The van der Waals surface area contributed by atoms with Gasteiger partial charge in [-0.15, -0.1) is 0 Å². The molecule has 9 heteroatoms. The van der Waals surface area contributed by atoms with Crippen LogP contribution in [0.15, 0.2) is 48.7 Å². The lowest BCUT2D eigenvalue weighted by molar-refractivity contribution is -0.136. The van der Waals surface area contributed by atoms with Gasteiger partial charge in [0.05, 0.1) is 25.6 Å². The van der Waals surface area contributed by atoms with E-state index in [9.17, 15) is 9.59 Å². The van der Waals surface area contributed by atoms with Crippen LogP contribution in [0.25, 0.3) is 16.9 Å². The topological polar surface area (TPSA) is 85.7 Å². The van der Waals surface area contributed by atoms with Gasteiger partial charge >= 0.3 is 0 Å². The molecule has 8 nitrogen and oxygen atoms in total. The van der Waals surface area contributed by atoms with E-state index in [0.29, 0.717) is 40.3 Å². The molecule has 0 unspecified atom stereocenters. The highest BCUT2D eigenvalue weighted by atomic mass is 35.5. The molecule has 0 aliphatic heterocycles. The van der Waals surface area contributed by atoms with Gasteiger partial charge in [-0.2, -0.15) is 0 Å². The van der Waals surface area contributed by atoms with Gasteiger partial charge < -0.3 is 14.4 Å². The fraction of sp³-hybridized carbons (Fsp3) is 0.320. The van der Waals surface area contributed by atoms with Gasteiger partial charge in [-0.1, -0.05) is 30.7 Å². The first-order valence-corrected chi connectivity index (χ1v) is 11.3. The monoisotopic (exact) mass is 484 g/mol. The minimum atomic E-state index is -0.342. The molecule has 0 atom stereocenters. The Kier molecular flexibility index (Phi) is 8.17. The summed E-state index contributed by atoms with van der Waals surface area (Å²) in [7, 11) is 3.12. The van der Waals surface area contributed by atoms with E-state index in [-0.39, 0.29) is 24.4 Å². The van der Waals surface area contributed by atoms with Crippen molar-refractivity contribution in [3.63, 3.8) is 0 Å². The predicted octanol–water partition coefficient (Wildman–Crippen LogP) is 4.80. The predicted molar refractivity (Wildman–Crippen MR) is 133 cm³/mol. The third kappa shape index (κ3) is 5.69. The van der Waals surface area contributed by atoms with E-state index in [0.717, 1.165) is 5.56 Å². The van der Waals surface area contributed by atoms with Crippen LogP contribution in [0.4, 0.5) is 5.95 Å². The fourth-order valence-electron chi connectivity index (χ4n) is 3.48. The highest BCUT2D eigenvalue weighted by molar-refractivity contribution is 6.30. The van der Waals surface area contributed by atoms with E-state index in [4.69, 9.17) is 21.1 Å². The Morgan fingerprint density at radius 3 is 2.35 bits per heavy atom. The van der Waals surface area contributed by atoms with Crippen LogP contribution in [0.1, 0.15) is 27.2 Å². The SMILES string of the molecule is CCC(=O)N(CC(=O)Nc1nc(-c2ccc(Cl)cc2)cn1-c1ccc(OC)c(OC)c1)C(C)C. The number of aromatic nitrogens is 2. The van der Waals surface area contributed by atoms with Crippen LogP contribution in [0.5, 0.6) is 11.5 Å². The number of methoxy groups -OCH3 is 2. The number of carbonyl (C=O) groups excluding carboxylic acids is 2. The number of amides is 2. The van der Waals surface area contributed by atoms with Gasteiger partial charge in [0.1, 0.15) is 6.54 Å². The fourth-order valence-corrected chi connectivity index (χ4v) is 3.61. The second-order valence-electron chi connectivity index (χ2n) is 7.88. The van der Waals surface area contributed by atoms with E-state index in [2.05, 4.69) is 10.3 Å². The lowest BCUT2D eigenvalue weighted by atomic mass is 10.2. The Hall–Kier alpha value is -3.52. The lowest BCUT2D eigenvalue weighted by Crippen LogP contribution is -2.42. The summed E-state index contributed by atoms with van der Waals surface area (Å²) >= 11 is 6.03. The van der Waals surface area contributed by atoms with E-state index in [1.54, 1.807) is 54.9 Å². The summed E-state index contributed by atoms with van der Waals surface area (Å²) in [5.41, 5.74) is 2.20. The Bertz CT molecular complexity index is 1160. The normalized spacial score (nSPS) is 10.8. The number of imidazole rings is 1. The van der Waals surface area contributed by atoms with Crippen LogP contribution in [0.3, 0.4) is 0 Å². The first-order chi connectivity index (χ1) is 16.3. The summed E-state index contributed by atoms with van der Waals surface area (Å²) in [6.45, 7) is 5.46. The number of rotatable bonds is 9. The van der Waals surface area contributed by atoms with Crippen LogP contribution in [0.2, 0.25) is 5.02 Å². The smallest absolute Gasteiger partial charge is 0.246 e. The Labute approximate surface area is 204 Å². The van der Waals surface area contributed by atoms with Crippen molar-refractivity contribution in [1.82, 2.24) is 14.5 Å². The van der Waals surface area contributed by atoms with Crippen LogP contribution < -0.4 is 14.8 Å². The van der Waals surface area contributed by atoms with Gasteiger partial charge in [0.2, 0.25) is 17.8 Å². The highest BCUT2D eigenvalue weighted by Gasteiger charge is 2.21. The lowest BCUT2D eigenvalue weighted by Gasteiger charge is -2.25. The molecule has 0 saturated carbocycles. The summed E-state index contributed by atoms with van der Waals surface area (Å²) in [5.74, 6) is 1.01. The molecule has 1 heterocycles. The van der Waals surface area contributed by atoms with Crippen LogP contribution >= 0.6 is 11.6 Å². The third-order valence-corrected chi connectivity index (χ3v) is 5.55. The Morgan fingerprint density at radius 2 is 1.76 bits per heavy atom. The molecular formula is C25H29ClN4O4. The number of nitrogens with zero attached hydrogens (tertiary/aromatic N) is 3. The van der Waals surface area contributed by atoms with Crippen LogP contribution in [0, 0.1) is 0 Å². The first kappa shape index (κ1) is 25.1. The standard InChI is InChI=1S/C25H29ClN4O4/c1-6-24(32)29(16(2)3)15-23(31)28-25-27-20(17-7-9-18(26)10-8-17)14-30(25)19-11-12-21(33-4)22(13-19)34-5/h7-14,16H,6,15H2,1-5H3,(H,27,28,31). The van der Waals surface area contributed by atoms with E-state index < -0.39 is 0 Å². The molecule has 0 aliphatic carbocycles. The Morgan fingerprint density at radius 1 is 1.09 bits per heavy atom. The van der Waals surface area contributed by atoms with Gasteiger partial charge in [-0.25, -0.2) is 4.98 Å². The van der Waals surface area contributed by atoms with Crippen molar-refractivity contribution in [3.8, 4) is 28.4 Å². The molecule has 2 amide bonds. The summed E-state index contributed by atoms with van der Waals surface area (Å²) in [6.07, 6.45) is 2.14. The summed E-state index contributed by atoms with van der Waals surface area (Å²) in [6, 6.07) is 12.6. The quantitative estimate of drug-likeness (QED) is 0.471. The molecule has 3 rings (SSSR count). The number of nitrogens with one attached hydrogen (secondary N) is 1. The zero-order valence-electron chi connectivity index (χ0n) is 20.0. The average Bonchev–Trinajstić information content (AvgIpc) is 3.25. The molecule has 0 radical (unpaired) electrons. The molecule has 0 aliphatic rings. The average molecular weight is 485 g/mol. The van der Waals surface area contributed by atoms with E-state index >= 15 is 0 Å². The molecule has 0 fully saturated rings. The third-order valence-electron chi connectivity index (χ3n) is 5.30. The van der Waals surface area contributed by atoms with Gasteiger partial charge in [-0.3, -0.25) is 19.5 Å². The molecule has 1 aromatic heterocycles. The van der Waals surface area contributed by atoms with Crippen molar-refractivity contribution in [2.24, 2.45) is 0 Å². The first-order valence-electron chi connectivity index (χ1n) is 10.9. The van der Waals surface area contributed by atoms with Crippen molar-refractivity contribution in [3.05, 3.63) is 53.7 Å². The number of hydrogen-bond acceptors (Lipinski definition) is 5. The maximum atomic E-state index is 12.9. The second kappa shape index (κ2) is 11.1. The van der Waals surface area contributed by atoms with Crippen molar-refractivity contribution < 1.29 is 19.1 Å². The molecule has 180 valence electrons. The Balaban J connectivity index is 2.00. The van der Waals surface area contributed by atoms with Gasteiger partial charge in [-0.05, 0) is 38.1 Å². The molecule has 2 aromatic carbocycles. The molecule has 1 N–H and O–H groups in total. The number of benzene rings is 2. The summed E-state index contributed by atoms with van der Waals surface area (Å²) in [4.78, 5) is 31.4. The number of ether oxygens (including phenoxy) is 2. The number of hydrogen-bond donors (Lipinski definition) is 1. The number of halogens is 1. The van der Waals surface area contributed by atoms with Crippen molar-refractivity contribution in [2.75, 3.05) is 26.1 Å². The zero-order valence-corrected chi connectivity index (χ0v) is 20.7. The summed E-state index contributed by atoms with van der Waals surface area (Å²) < 4.78 is 12.5. The molecule has 0 bridgehead atoms. The molecule has 34 heavy (non-hydrogen) atoms. The van der Waals surface area contributed by atoms with Crippen molar-refractivity contribution in [1.29, 1.82) is 0 Å². The molecule has 0 spiro atoms. The molecular weight excluding hydrogens is 456 g/mol. The van der Waals surface area contributed by atoms with Gasteiger partial charge in [0.15, 0.2) is 11.5 Å². The van der Waals surface area contributed by atoms with E-state index in [1.165, 1.54) is 0 Å². The van der Waals surface area contributed by atoms with E-state index in [1.807, 2.05) is 38.2 Å². The highest BCUT2D eigenvalue weighted by Crippen LogP contribution is 2.32. The minimum absolute atomic E-state index is 0.0700. The number of carbonyl (C=O) groups is 2. The molecule has 0 saturated heterocycles. The van der Waals surface area contributed by atoms with Crippen molar-refractivity contribution in [2.45, 2.75) is 33.2 Å². The minimum Gasteiger partial charge on any atom is -0.493 e. The van der Waals surface area contributed by atoms with Crippen LogP contribution in [-0.4, -0.2) is 53.1 Å². The van der Waals surface area contributed by atoms with Crippen molar-refractivity contribution >= 4 is 29.4 Å². The van der Waals surface area contributed by atoms with Gasteiger partial charge in [0, 0.05) is 35.3 Å².